The zero-order valence-electron chi connectivity index (χ0n) is 14.2. The van der Waals surface area contributed by atoms with Crippen LogP contribution >= 0.6 is 0 Å². The van der Waals surface area contributed by atoms with Crippen molar-refractivity contribution in [1.82, 2.24) is 4.90 Å². The average Bonchev–Trinajstić information content (AvgIpc) is 2.45. The van der Waals surface area contributed by atoms with Gasteiger partial charge in [-0.25, -0.2) is 4.79 Å². The molecule has 0 aromatic rings. The molecular formula is C17H24F3NO3. The molecule has 1 heterocycles. The SMILES string of the molecule is CC(C)(C)OC(=O)N1CCC(O)(C2C=CC(C(F)(F)F)=CC2)CC1. The van der Waals surface area contributed by atoms with Gasteiger partial charge in [-0.15, -0.1) is 0 Å². The van der Waals surface area contributed by atoms with Crippen LogP contribution in [0.2, 0.25) is 0 Å². The van der Waals surface area contributed by atoms with E-state index in [9.17, 15) is 23.1 Å². The number of likely N-dealkylation sites (tertiary alicyclic amines) is 1. The van der Waals surface area contributed by atoms with Gasteiger partial charge in [0.2, 0.25) is 0 Å². The number of carbonyl (C=O) groups excluding carboxylic acids is 1. The van der Waals surface area contributed by atoms with E-state index in [1.54, 1.807) is 20.8 Å². The number of amides is 1. The molecule has 24 heavy (non-hydrogen) atoms. The highest BCUT2D eigenvalue weighted by atomic mass is 19.4. The molecule has 7 heteroatoms. The van der Waals surface area contributed by atoms with Crippen molar-refractivity contribution in [3.05, 3.63) is 23.8 Å². The molecule has 1 unspecified atom stereocenters. The lowest BCUT2D eigenvalue weighted by Gasteiger charge is -2.42. The van der Waals surface area contributed by atoms with Crippen LogP contribution in [0.5, 0.6) is 0 Å². The molecule has 0 bridgehead atoms. The van der Waals surface area contributed by atoms with E-state index in [1.807, 2.05) is 0 Å². The monoisotopic (exact) mass is 347 g/mol. The summed E-state index contributed by atoms with van der Waals surface area (Å²) in [6.45, 7) is 5.99. The number of alkyl halides is 3. The maximum Gasteiger partial charge on any atom is 0.416 e. The van der Waals surface area contributed by atoms with Crippen LogP contribution in [-0.2, 0) is 4.74 Å². The summed E-state index contributed by atoms with van der Waals surface area (Å²) in [6, 6.07) is 0. The van der Waals surface area contributed by atoms with Crippen molar-refractivity contribution in [2.24, 2.45) is 5.92 Å². The predicted octanol–water partition coefficient (Wildman–Crippen LogP) is 3.81. The Labute approximate surface area is 140 Å². The van der Waals surface area contributed by atoms with E-state index in [2.05, 4.69) is 0 Å². The van der Waals surface area contributed by atoms with E-state index < -0.39 is 29.0 Å². The summed E-state index contributed by atoms with van der Waals surface area (Å²) in [5, 5.41) is 10.8. The molecular weight excluding hydrogens is 323 g/mol. The predicted molar refractivity (Wildman–Crippen MR) is 83.4 cm³/mol. The first-order valence-electron chi connectivity index (χ1n) is 8.07. The number of hydrogen-bond donors (Lipinski definition) is 1. The average molecular weight is 347 g/mol. The minimum absolute atomic E-state index is 0.147. The molecule has 1 aliphatic carbocycles. The van der Waals surface area contributed by atoms with Gasteiger partial charge >= 0.3 is 12.3 Å². The van der Waals surface area contributed by atoms with Gasteiger partial charge in [-0.05, 0) is 40.0 Å². The number of rotatable bonds is 1. The normalized spacial score (nSPS) is 24.5. The van der Waals surface area contributed by atoms with Crippen molar-refractivity contribution in [2.45, 2.75) is 57.4 Å². The van der Waals surface area contributed by atoms with Gasteiger partial charge in [0.1, 0.15) is 5.60 Å². The van der Waals surface area contributed by atoms with E-state index in [4.69, 9.17) is 4.74 Å². The molecule has 0 aromatic carbocycles. The third-order valence-corrected chi connectivity index (χ3v) is 4.40. The van der Waals surface area contributed by atoms with Gasteiger partial charge in [-0.2, -0.15) is 13.2 Å². The zero-order chi connectivity index (χ0) is 18.2. The lowest BCUT2D eigenvalue weighted by atomic mass is 9.76. The second-order valence-corrected chi connectivity index (χ2v) is 7.43. The minimum atomic E-state index is -4.36. The fourth-order valence-corrected chi connectivity index (χ4v) is 3.00. The molecule has 0 radical (unpaired) electrons. The number of piperidine rings is 1. The van der Waals surface area contributed by atoms with Crippen molar-refractivity contribution in [3.8, 4) is 0 Å². The fraction of sp³-hybridized carbons (Fsp3) is 0.706. The first-order valence-corrected chi connectivity index (χ1v) is 8.07. The van der Waals surface area contributed by atoms with Crippen LogP contribution in [0.15, 0.2) is 23.8 Å². The summed E-state index contributed by atoms with van der Waals surface area (Å²) in [7, 11) is 0. The molecule has 2 rings (SSSR count). The quantitative estimate of drug-likeness (QED) is 0.785. The highest BCUT2D eigenvalue weighted by Gasteiger charge is 2.42. The molecule has 136 valence electrons. The van der Waals surface area contributed by atoms with E-state index in [1.165, 1.54) is 11.0 Å². The number of ether oxygens (including phenoxy) is 1. The molecule has 0 spiro atoms. The molecule has 1 aliphatic heterocycles. The Morgan fingerprint density at radius 3 is 2.29 bits per heavy atom. The van der Waals surface area contributed by atoms with Crippen LogP contribution in [0.4, 0.5) is 18.0 Å². The molecule has 0 saturated carbocycles. The summed E-state index contributed by atoms with van der Waals surface area (Å²) >= 11 is 0. The van der Waals surface area contributed by atoms with Gasteiger partial charge in [0.05, 0.1) is 11.2 Å². The third kappa shape index (κ3) is 4.53. The van der Waals surface area contributed by atoms with E-state index >= 15 is 0 Å². The number of carbonyl (C=O) groups is 1. The lowest BCUT2D eigenvalue weighted by Crippen LogP contribution is -2.51. The molecule has 1 N–H and O–H groups in total. The second kappa shape index (κ2) is 6.43. The molecule has 0 aromatic heterocycles. The smallest absolute Gasteiger partial charge is 0.416 e. The zero-order valence-corrected chi connectivity index (χ0v) is 14.2. The summed E-state index contributed by atoms with van der Waals surface area (Å²) < 4.78 is 43.2. The van der Waals surface area contributed by atoms with E-state index in [-0.39, 0.29) is 12.3 Å². The van der Waals surface area contributed by atoms with Crippen molar-refractivity contribution in [3.63, 3.8) is 0 Å². The van der Waals surface area contributed by atoms with Gasteiger partial charge in [0.25, 0.3) is 0 Å². The molecule has 1 amide bonds. The van der Waals surface area contributed by atoms with Crippen LogP contribution in [0.1, 0.15) is 40.0 Å². The highest BCUT2D eigenvalue weighted by molar-refractivity contribution is 5.68. The summed E-state index contributed by atoms with van der Waals surface area (Å²) in [5.74, 6) is -0.371. The second-order valence-electron chi connectivity index (χ2n) is 7.43. The first-order chi connectivity index (χ1) is 10.9. The van der Waals surface area contributed by atoms with Crippen LogP contribution in [0.3, 0.4) is 0 Å². The van der Waals surface area contributed by atoms with Crippen LogP contribution in [0.25, 0.3) is 0 Å². The number of nitrogens with zero attached hydrogens (tertiary/aromatic N) is 1. The Hall–Kier alpha value is -1.50. The Morgan fingerprint density at radius 1 is 1.29 bits per heavy atom. The molecule has 4 nitrogen and oxygen atoms in total. The van der Waals surface area contributed by atoms with Gasteiger partial charge in [-0.3, -0.25) is 0 Å². The molecule has 1 fully saturated rings. The molecule has 2 aliphatic rings. The fourth-order valence-electron chi connectivity index (χ4n) is 3.00. The Morgan fingerprint density at radius 2 is 1.88 bits per heavy atom. The Kier molecular flexibility index (Phi) is 5.04. The number of hydrogen-bond acceptors (Lipinski definition) is 3. The molecule has 1 saturated heterocycles. The summed E-state index contributed by atoms with van der Waals surface area (Å²) in [5.41, 5.74) is -2.35. The van der Waals surface area contributed by atoms with Gasteiger partial charge in [0.15, 0.2) is 0 Å². The van der Waals surface area contributed by atoms with E-state index in [0.717, 1.165) is 12.2 Å². The number of aliphatic hydroxyl groups is 1. The Balaban J connectivity index is 1.93. The number of halogens is 3. The first kappa shape index (κ1) is 18.8. The third-order valence-electron chi connectivity index (χ3n) is 4.40. The number of allylic oxidation sites excluding steroid dienone is 3. The maximum absolute atomic E-state index is 12.6. The maximum atomic E-state index is 12.6. The Bertz CT molecular complexity index is 538. The van der Waals surface area contributed by atoms with Crippen molar-refractivity contribution in [1.29, 1.82) is 0 Å². The summed E-state index contributed by atoms with van der Waals surface area (Å²) in [6.07, 6.45) is -0.407. The van der Waals surface area contributed by atoms with Crippen LogP contribution < -0.4 is 0 Å². The van der Waals surface area contributed by atoms with E-state index in [0.29, 0.717) is 25.9 Å². The topological polar surface area (TPSA) is 49.8 Å². The van der Waals surface area contributed by atoms with Crippen LogP contribution in [-0.4, -0.2) is 46.6 Å². The van der Waals surface area contributed by atoms with Crippen molar-refractivity contribution < 1.29 is 27.8 Å². The van der Waals surface area contributed by atoms with Crippen molar-refractivity contribution >= 4 is 6.09 Å². The lowest BCUT2D eigenvalue weighted by molar-refractivity contribution is -0.0903. The largest absolute Gasteiger partial charge is 0.444 e. The minimum Gasteiger partial charge on any atom is -0.444 e. The van der Waals surface area contributed by atoms with Crippen molar-refractivity contribution in [2.75, 3.05) is 13.1 Å². The van der Waals surface area contributed by atoms with Gasteiger partial charge in [0, 0.05) is 19.0 Å². The highest BCUT2D eigenvalue weighted by Crippen LogP contribution is 2.38. The standard InChI is InChI=1S/C17H24F3NO3/c1-15(2,3)24-14(22)21-10-8-16(23,9-11-21)12-4-6-13(7-5-12)17(18,19)20/h4,6-7,12,23H,5,8-11H2,1-3H3. The summed E-state index contributed by atoms with van der Waals surface area (Å²) in [4.78, 5) is 13.6. The molecule has 1 atom stereocenters. The van der Waals surface area contributed by atoms with Gasteiger partial charge < -0.3 is 14.7 Å². The van der Waals surface area contributed by atoms with Crippen LogP contribution in [0, 0.1) is 5.92 Å². The van der Waals surface area contributed by atoms with Gasteiger partial charge in [-0.1, -0.05) is 18.2 Å².